The van der Waals surface area contributed by atoms with Crippen molar-refractivity contribution in [1.29, 1.82) is 0 Å². The molecule has 1 aromatic heterocycles. The third kappa shape index (κ3) is 3.29. The Kier molecular flexibility index (Phi) is 3.83. The van der Waals surface area contributed by atoms with Crippen molar-refractivity contribution in [1.82, 2.24) is 14.9 Å². The zero-order valence-electron chi connectivity index (χ0n) is 10.0. The number of nitrogens with one attached hydrogen (secondary N) is 2. The molecular weight excluding hydrogens is 238 g/mol. The Morgan fingerprint density at radius 1 is 1.35 bits per heavy atom. The highest BCUT2D eigenvalue weighted by atomic mass is 32.2. The van der Waals surface area contributed by atoms with E-state index in [4.69, 9.17) is 0 Å². The predicted molar refractivity (Wildman–Crippen MR) is 64.9 cm³/mol. The fourth-order valence-electron chi connectivity index (χ4n) is 2.28. The van der Waals surface area contributed by atoms with Crippen LogP contribution in [-0.4, -0.2) is 24.7 Å². The van der Waals surface area contributed by atoms with Gasteiger partial charge in [-0.3, -0.25) is 5.10 Å². The lowest BCUT2D eigenvalue weighted by molar-refractivity contribution is 0.484. The van der Waals surface area contributed by atoms with E-state index in [-0.39, 0.29) is 11.1 Å². The number of sulfonamides is 1. The molecule has 1 fully saturated rings. The number of nitrogens with zero attached hydrogens (tertiary/aromatic N) is 1. The van der Waals surface area contributed by atoms with Crippen molar-refractivity contribution in [3.8, 4) is 0 Å². The number of aromatic amines is 1. The quantitative estimate of drug-likeness (QED) is 0.809. The molecule has 2 atom stereocenters. The van der Waals surface area contributed by atoms with Gasteiger partial charge in [0.1, 0.15) is 0 Å². The highest BCUT2D eigenvalue weighted by molar-refractivity contribution is 7.89. The van der Waals surface area contributed by atoms with Crippen LogP contribution in [0.5, 0.6) is 0 Å². The van der Waals surface area contributed by atoms with Crippen LogP contribution in [0.2, 0.25) is 0 Å². The van der Waals surface area contributed by atoms with Crippen LogP contribution in [0.3, 0.4) is 0 Å². The van der Waals surface area contributed by atoms with Crippen LogP contribution in [0, 0.1) is 5.92 Å². The van der Waals surface area contributed by atoms with Crippen molar-refractivity contribution >= 4 is 10.0 Å². The fraction of sp³-hybridized carbons (Fsp3) is 0.727. The second kappa shape index (κ2) is 5.18. The van der Waals surface area contributed by atoms with Gasteiger partial charge >= 0.3 is 0 Å². The van der Waals surface area contributed by atoms with E-state index in [0.29, 0.717) is 5.92 Å². The molecule has 17 heavy (non-hydrogen) atoms. The molecule has 1 heterocycles. The standard InChI is InChI=1S/C11H19N3O2S/c1-9-3-2-4-10(6-5-9)14-17(15,16)11-7-8-12-13-11/h7-10,14H,2-6H2,1H3,(H,12,13). The lowest BCUT2D eigenvalue weighted by Gasteiger charge is -2.15. The SMILES string of the molecule is CC1CCCC(NS(=O)(=O)c2ccn[nH]2)CC1. The highest BCUT2D eigenvalue weighted by Gasteiger charge is 2.23. The van der Waals surface area contributed by atoms with Crippen molar-refractivity contribution in [3.05, 3.63) is 12.3 Å². The van der Waals surface area contributed by atoms with E-state index in [1.165, 1.54) is 18.7 Å². The molecule has 1 aliphatic rings. The van der Waals surface area contributed by atoms with Gasteiger partial charge in [0.15, 0.2) is 5.03 Å². The summed E-state index contributed by atoms with van der Waals surface area (Å²) in [6, 6.07) is 1.54. The first-order chi connectivity index (χ1) is 8.08. The summed E-state index contributed by atoms with van der Waals surface area (Å²) in [5, 5.41) is 6.31. The monoisotopic (exact) mass is 257 g/mol. The predicted octanol–water partition coefficient (Wildman–Crippen LogP) is 1.66. The minimum Gasteiger partial charge on any atom is -0.266 e. The molecule has 0 spiro atoms. The van der Waals surface area contributed by atoms with Crippen molar-refractivity contribution < 1.29 is 8.42 Å². The summed E-state index contributed by atoms with van der Waals surface area (Å²) in [6.07, 6.45) is 6.69. The lowest BCUT2D eigenvalue weighted by atomic mass is 10.0. The molecule has 5 nitrogen and oxygen atoms in total. The summed E-state index contributed by atoms with van der Waals surface area (Å²) in [4.78, 5) is 0. The summed E-state index contributed by atoms with van der Waals surface area (Å²) in [6.45, 7) is 2.23. The van der Waals surface area contributed by atoms with Crippen molar-refractivity contribution in [2.75, 3.05) is 0 Å². The third-order valence-electron chi connectivity index (χ3n) is 3.34. The number of rotatable bonds is 3. The van der Waals surface area contributed by atoms with Gasteiger partial charge in [-0.25, -0.2) is 13.1 Å². The van der Waals surface area contributed by atoms with Gasteiger partial charge < -0.3 is 0 Å². The molecular formula is C11H19N3O2S. The maximum atomic E-state index is 12.0. The Morgan fingerprint density at radius 2 is 2.18 bits per heavy atom. The van der Waals surface area contributed by atoms with Gasteiger partial charge in [-0.05, 0) is 31.2 Å². The maximum Gasteiger partial charge on any atom is 0.257 e. The Balaban J connectivity index is 2.01. The van der Waals surface area contributed by atoms with Crippen LogP contribution in [0.25, 0.3) is 0 Å². The molecule has 0 amide bonds. The van der Waals surface area contributed by atoms with Crippen molar-refractivity contribution in [2.24, 2.45) is 5.92 Å². The Labute approximate surface area is 102 Å². The summed E-state index contributed by atoms with van der Waals surface area (Å²) >= 11 is 0. The van der Waals surface area contributed by atoms with Gasteiger partial charge in [0.05, 0.1) is 6.20 Å². The van der Waals surface area contributed by atoms with Gasteiger partial charge in [-0.2, -0.15) is 5.10 Å². The molecule has 6 heteroatoms. The van der Waals surface area contributed by atoms with Crippen LogP contribution < -0.4 is 4.72 Å². The summed E-state index contributed by atoms with van der Waals surface area (Å²) < 4.78 is 26.7. The van der Waals surface area contributed by atoms with E-state index < -0.39 is 10.0 Å². The van der Waals surface area contributed by atoms with Gasteiger partial charge in [0.2, 0.25) is 0 Å². The summed E-state index contributed by atoms with van der Waals surface area (Å²) in [5.74, 6) is 0.705. The second-order valence-corrected chi connectivity index (χ2v) is 6.53. The van der Waals surface area contributed by atoms with Crippen LogP contribution in [0.15, 0.2) is 17.3 Å². The Morgan fingerprint density at radius 3 is 2.88 bits per heavy atom. The Bertz CT molecular complexity index is 441. The van der Waals surface area contributed by atoms with Gasteiger partial charge in [-0.1, -0.05) is 19.8 Å². The molecule has 2 N–H and O–H groups in total. The van der Waals surface area contributed by atoms with Gasteiger partial charge in [0.25, 0.3) is 10.0 Å². The molecule has 1 aromatic rings. The van der Waals surface area contributed by atoms with Crippen LogP contribution in [-0.2, 0) is 10.0 Å². The Hall–Kier alpha value is -0.880. The fourth-order valence-corrected chi connectivity index (χ4v) is 3.50. The molecule has 0 bridgehead atoms. The molecule has 0 aliphatic heterocycles. The van der Waals surface area contributed by atoms with Crippen molar-refractivity contribution in [3.63, 3.8) is 0 Å². The molecule has 0 saturated heterocycles. The van der Waals surface area contributed by atoms with Crippen molar-refractivity contribution in [2.45, 2.75) is 50.1 Å². The van der Waals surface area contributed by atoms with Gasteiger partial charge in [-0.15, -0.1) is 0 Å². The zero-order chi connectivity index (χ0) is 12.3. The van der Waals surface area contributed by atoms with E-state index in [1.54, 1.807) is 0 Å². The summed E-state index contributed by atoms with van der Waals surface area (Å²) in [7, 11) is -3.42. The molecule has 2 rings (SSSR count). The lowest BCUT2D eigenvalue weighted by Crippen LogP contribution is -2.34. The number of H-pyrrole nitrogens is 1. The maximum absolute atomic E-state index is 12.0. The van der Waals surface area contributed by atoms with Crippen LogP contribution in [0.4, 0.5) is 0 Å². The van der Waals surface area contributed by atoms with E-state index >= 15 is 0 Å². The van der Waals surface area contributed by atoms with E-state index in [9.17, 15) is 8.42 Å². The topological polar surface area (TPSA) is 74.8 Å². The molecule has 1 aliphatic carbocycles. The molecule has 0 radical (unpaired) electrons. The number of hydrogen-bond acceptors (Lipinski definition) is 3. The second-order valence-electron chi connectivity index (χ2n) is 4.85. The minimum absolute atomic E-state index is 0.0632. The number of hydrogen-bond donors (Lipinski definition) is 2. The minimum atomic E-state index is -3.42. The highest BCUT2D eigenvalue weighted by Crippen LogP contribution is 2.23. The normalized spacial score (nSPS) is 26.6. The average Bonchev–Trinajstić information content (AvgIpc) is 2.73. The zero-order valence-corrected chi connectivity index (χ0v) is 10.8. The molecule has 1 saturated carbocycles. The van der Waals surface area contributed by atoms with Crippen LogP contribution >= 0.6 is 0 Å². The first-order valence-corrected chi connectivity index (χ1v) is 7.58. The summed E-state index contributed by atoms with van der Waals surface area (Å²) in [5.41, 5.74) is 0. The molecule has 96 valence electrons. The van der Waals surface area contributed by atoms with E-state index in [1.807, 2.05) is 0 Å². The van der Waals surface area contributed by atoms with Crippen LogP contribution in [0.1, 0.15) is 39.0 Å². The number of aromatic nitrogens is 2. The molecule has 2 unspecified atom stereocenters. The first kappa shape index (κ1) is 12.6. The van der Waals surface area contributed by atoms with E-state index in [0.717, 1.165) is 25.7 Å². The largest absolute Gasteiger partial charge is 0.266 e. The average molecular weight is 257 g/mol. The smallest absolute Gasteiger partial charge is 0.257 e. The van der Waals surface area contributed by atoms with Gasteiger partial charge in [0, 0.05) is 6.04 Å². The molecule has 0 aromatic carbocycles. The first-order valence-electron chi connectivity index (χ1n) is 6.09. The van der Waals surface area contributed by atoms with E-state index in [2.05, 4.69) is 21.8 Å². The third-order valence-corrected chi connectivity index (χ3v) is 4.79.